The Morgan fingerprint density at radius 2 is 1.70 bits per heavy atom. The highest BCUT2D eigenvalue weighted by molar-refractivity contribution is 9.10. The van der Waals surface area contributed by atoms with Crippen LogP contribution in [0.1, 0.15) is 35.7 Å². The minimum absolute atomic E-state index is 0.213. The number of hydrogen-bond acceptors (Lipinski definition) is 3. The van der Waals surface area contributed by atoms with E-state index in [1.54, 1.807) is 26.4 Å². The summed E-state index contributed by atoms with van der Waals surface area (Å²) in [5.41, 5.74) is 2.41. The van der Waals surface area contributed by atoms with Gasteiger partial charge in [-0.1, -0.05) is 26.0 Å². The number of hydrogen-bond donors (Lipinski definition) is 1. The number of ether oxygens (including phenoxy) is 2. The number of amides is 1. The molecular formula is C18H20BrNO3. The number of nitrogens with one attached hydrogen (secondary N) is 1. The van der Waals surface area contributed by atoms with E-state index in [2.05, 4.69) is 35.1 Å². The van der Waals surface area contributed by atoms with Crippen LogP contribution in [0, 0.1) is 0 Å². The highest BCUT2D eigenvalue weighted by atomic mass is 79.9. The molecule has 122 valence electrons. The minimum atomic E-state index is -0.213. The van der Waals surface area contributed by atoms with E-state index < -0.39 is 0 Å². The van der Waals surface area contributed by atoms with E-state index in [0.29, 0.717) is 27.5 Å². The molecule has 0 atom stereocenters. The highest BCUT2D eigenvalue weighted by Gasteiger charge is 2.15. The second-order valence-electron chi connectivity index (χ2n) is 5.43. The van der Waals surface area contributed by atoms with Crippen molar-refractivity contribution >= 4 is 27.5 Å². The van der Waals surface area contributed by atoms with E-state index in [9.17, 15) is 4.79 Å². The molecule has 2 rings (SSSR count). The van der Waals surface area contributed by atoms with Gasteiger partial charge in [0, 0.05) is 11.3 Å². The third-order valence-corrected chi connectivity index (χ3v) is 4.30. The van der Waals surface area contributed by atoms with Gasteiger partial charge in [-0.3, -0.25) is 4.79 Å². The van der Waals surface area contributed by atoms with Crippen LogP contribution in [0.15, 0.2) is 40.9 Å². The molecule has 5 heteroatoms. The molecule has 0 bridgehead atoms. The Labute approximate surface area is 144 Å². The largest absolute Gasteiger partial charge is 0.495 e. The van der Waals surface area contributed by atoms with E-state index in [4.69, 9.17) is 9.47 Å². The van der Waals surface area contributed by atoms with Crippen molar-refractivity contribution in [2.24, 2.45) is 0 Å². The quantitative estimate of drug-likeness (QED) is 0.810. The van der Waals surface area contributed by atoms with Gasteiger partial charge in [0.25, 0.3) is 5.91 Å². The molecule has 0 aromatic heterocycles. The van der Waals surface area contributed by atoms with Gasteiger partial charge < -0.3 is 14.8 Å². The molecule has 0 heterocycles. The smallest absolute Gasteiger partial charge is 0.255 e. The second kappa shape index (κ2) is 7.51. The topological polar surface area (TPSA) is 47.6 Å². The average molecular weight is 378 g/mol. The summed E-state index contributed by atoms with van der Waals surface area (Å²) >= 11 is 3.40. The van der Waals surface area contributed by atoms with Gasteiger partial charge in [-0.25, -0.2) is 0 Å². The molecule has 0 saturated heterocycles. The lowest BCUT2D eigenvalue weighted by molar-refractivity contribution is 0.102. The van der Waals surface area contributed by atoms with Gasteiger partial charge in [-0.15, -0.1) is 0 Å². The number of carbonyl (C=O) groups is 1. The molecule has 0 radical (unpaired) electrons. The molecular weight excluding hydrogens is 358 g/mol. The van der Waals surface area contributed by atoms with Gasteiger partial charge >= 0.3 is 0 Å². The molecule has 0 unspecified atom stereocenters. The van der Waals surface area contributed by atoms with Crippen molar-refractivity contribution in [3.63, 3.8) is 0 Å². The lowest BCUT2D eigenvalue weighted by Crippen LogP contribution is -2.12. The third kappa shape index (κ3) is 4.05. The second-order valence-corrected chi connectivity index (χ2v) is 6.22. The lowest BCUT2D eigenvalue weighted by atomic mass is 10.0. The van der Waals surface area contributed by atoms with E-state index in [-0.39, 0.29) is 5.91 Å². The van der Waals surface area contributed by atoms with Crippen molar-refractivity contribution in [3.8, 4) is 11.5 Å². The molecule has 1 N–H and O–H groups in total. The lowest BCUT2D eigenvalue weighted by Gasteiger charge is -2.13. The van der Waals surface area contributed by atoms with E-state index in [1.807, 2.05) is 24.3 Å². The monoisotopic (exact) mass is 377 g/mol. The predicted octanol–water partition coefficient (Wildman–Crippen LogP) is 4.84. The number of benzene rings is 2. The third-order valence-electron chi connectivity index (χ3n) is 3.52. The van der Waals surface area contributed by atoms with Gasteiger partial charge in [-0.05, 0) is 51.7 Å². The van der Waals surface area contributed by atoms with E-state index >= 15 is 0 Å². The summed E-state index contributed by atoms with van der Waals surface area (Å²) in [7, 11) is 3.10. The van der Waals surface area contributed by atoms with Gasteiger partial charge in [0.2, 0.25) is 0 Å². The van der Waals surface area contributed by atoms with Crippen molar-refractivity contribution in [2.75, 3.05) is 19.5 Å². The Morgan fingerprint density at radius 1 is 1.09 bits per heavy atom. The zero-order chi connectivity index (χ0) is 17.0. The van der Waals surface area contributed by atoms with Crippen molar-refractivity contribution in [3.05, 3.63) is 52.0 Å². The minimum Gasteiger partial charge on any atom is -0.495 e. The normalized spacial score (nSPS) is 10.5. The van der Waals surface area contributed by atoms with Crippen molar-refractivity contribution in [2.45, 2.75) is 19.8 Å². The molecule has 1 amide bonds. The van der Waals surface area contributed by atoms with Crippen LogP contribution < -0.4 is 14.8 Å². The standard InChI is InChI=1S/C18H20BrNO3/c1-11(2)12-6-5-7-14(8-12)20-18(21)13-9-15(22-3)17(19)16(10-13)23-4/h5-11H,1-4H3,(H,20,21). The van der Waals surface area contributed by atoms with Crippen molar-refractivity contribution in [1.82, 2.24) is 0 Å². The molecule has 0 aliphatic carbocycles. The zero-order valence-electron chi connectivity index (χ0n) is 13.6. The van der Waals surface area contributed by atoms with Crippen molar-refractivity contribution in [1.29, 1.82) is 0 Å². The first kappa shape index (κ1) is 17.3. The maximum absolute atomic E-state index is 12.5. The molecule has 23 heavy (non-hydrogen) atoms. The maximum Gasteiger partial charge on any atom is 0.255 e. The number of carbonyl (C=O) groups excluding carboxylic acids is 1. The Balaban J connectivity index is 2.29. The van der Waals surface area contributed by atoms with Gasteiger partial charge in [0.15, 0.2) is 0 Å². The fourth-order valence-corrected chi connectivity index (χ4v) is 2.73. The summed E-state index contributed by atoms with van der Waals surface area (Å²) in [6, 6.07) is 11.2. The molecule has 0 saturated carbocycles. The Morgan fingerprint density at radius 3 is 2.22 bits per heavy atom. The summed E-state index contributed by atoms with van der Waals surface area (Å²) in [5, 5.41) is 2.91. The predicted molar refractivity (Wildman–Crippen MR) is 95.7 cm³/mol. The average Bonchev–Trinajstić information content (AvgIpc) is 2.55. The van der Waals surface area contributed by atoms with Crippen LogP contribution in [0.25, 0.3) is 0 Å². The molecule has 2 aromatic rings. The van der Waals surface area contributed by atoms with Gasteiger partial charge in [0.05, 0.1) is 14.2 Å². The molecule has 0 aliphatic rings. The summed E-state index contributed by atoms with van der Waals surface area (Å²) in [5.74, 6) is 1.28. The van der Waals surface area contributed by atoms with Crippen LogP contribution in [-0.4, -0.2) is 20.1 Å². The number of anilines is 1. The summed E-state index contributed by atoms with van der Waals surface area (Å²) in [6.45, 7) is 4.23. The first-order chi connectivity index (χ1) is 11.0. The first-order valence-electron chi connectivity index (χ1n) is 7.29. The van der Waals surface area contributed by atoms with E-state index in [1.165, 1.54) is 5.56 Å². The van der Waals surface area contributed by atoms with Crippen LogP contribution >= 0.6 is 15.9 Å². The first-order valence-corrected chi connectivity index (χ1v) is 8.08. The highest BCUT2D eigenvalue weighted by Crippen LogP contribution is 2.35. The molecule has 0 spiro atoms. The molecule has 4 nitrogen and oxygen atoms in total. The number of rotatable bonds is 5. The van der Waals surface area contributed by atoms with Crippen molar-refractivity contribution < 1.29 is 14.3 Å². The van der Waals surface area contributed by atoms with Crippen LogP contribution in [0.2, 0.25) is 0 Å². The maximum atomic E-state index is 12.5. The van der Waals surface area contributed by atoms with Gasteiger partial charge in [-0.2, -0.15) is 0 Å². The molecule has 0 aliphatic heterocycles. The molecule has 2 aromatic carbocycles. The number of methoxy groups -OCH3 is 2. The fourth-order valence-electron chi connectivity index (χ4n) is 2.18. The Hall–Kier alpha value is -2.01. The van der Waals surface area contributed by atoms with Gasteiger partial charge in [0.1, 0.15) is 16.0 Å². The summed E-state index contributed by atoms with van der Waals surface area (Å²) in [6.07, 6.45) is 0. The van der Waals surface area contributed by atoms with Crippen LogP contribution in [-0.2, 0) is 0 Å². The van der Waals surface area contributed by atoms with Crippen LogP contribution in [0.3, 0.4) is 0 Å². The fraction of sp³-hybridized carbons (Fsp3) is 0.278. The zero-order valence-corrected chi connectivity index (χ0v) is 15.2. The summed E-state index contributed by atoms with van der Waals surface area (Å²) in [4.78, 5) is 12.5. The van der Waals surface area contributed by atoms with Crippen LogP contribution in [0.5, 0.6) is 11.5 Å². The Bertz CT molecular complexity index is 688. The van der Waals surface area contributed by atoms with Crippen LogP contribution in [0.4, 0.5) is 5.69 Å². The number of halogens is 1. The Kier molecular flexibility index (Phi) is 5.66. The summed E-state index contributed by atoms with van der Waals surface area (Å²) < 4.78 is 11.2. The van der Waals surface area contributed by atoms with E-state index in [0.717, 1.165) is 5.69 Å². The molecule has 0 fully saturated rings. The SMILES string of the molecule is COc1cc(C(=O)Nc2cccc(C(C)C)c2)cc(OC)c1Br.